The monoisotopic (exact) mass is 362 g/mol. The van der Waals surface area contributed by atoms with Crippen LogP contribution >= 0.6 is 11.6 Å². The predicted octanol–water partition coefficient (Wildman–Crippen LogP) is 3.69. The van der Waals surface area contributed by atoms with Gasteiger partial charge in [0, 0.05) is 11.6 Å². The zero-order chi connectivity index (χ0) is 18.1. The highest BCUT2D eigenvalue weighted by atomic mass is 35.5. The minimum atomic E-state index is -0.118. The van der Waals surface area contributed by atoms with Gasteiger partial charge >= 0.3 is 0 Å². The first-order valence-corrected chi connectivity index (χ1v) is 8.46. The smallest absolute Gasteiger partial charge is 0.238 e. The summed E-state index contributed by atoms with van der Waals surface area (Å²) < 4.78 is 10.9. The number of likely N-dealkylation sites (N-methyl/N-ethyl adjacent to an activating group) is 1. The fourth-order valence-electron chi connectivity index (χ4n) is 2.33. The molecule has 0 unspecified atom stereocenters. The molecular weight excluding hydrogens is 340 g/mol. The van der Waals surface area contributed by atoms with Crippen molar-refractivity contribution in [2.24, 2.45) is 0 Å². The molecule has 1 N–H and O–H groups in total. The predicted molar refractivity (Wildman–Crippen MR) is 101 cm³/mol. The third kappa shape index (κ3) is 6.64. The van der Waals surface area contributed by atoms with E-state index in [1.54, 1.807) is 25.3 Å². The second-order valence-corrected chi connectivity index (χ2v) is 6.08. The van der Waals surface area contributed by atoms with Gasteiger partial charge in [-0.05, 0) is 43.8 Å². The van der Waals surface area contributed by atoms with Crippen molar-refractivity contribution in [2.75, 3.05) is 39.2 Å². The lowest BCUT2D eigenvalue weighted by Crippen LogP contribution is -2.31. The summed E-state index contributed by atoms with van der Waals surface area (Å²) in [5, 5.41) is 3.37. The van der Waals surface area contributed by atoms with Crippen molar-refractivity contribution >= 4 is 23.2 Å². The summed E-state index contributed by atoms with van der Waals surface area (Å²) in [6.45, 7) is 1.64. The van der Waals surface area contributed by atoms with Crippen LogP contribution in [0.15, 0.2) is 48.5 Å². The van der Waals surface area contributed by atoms with Gasteiger partial charge in [0.2, 0.25) is 5.91 Å². The van der Waals surface area contributed by atoms with E-state index in [4.69, 9.17) is 21.1 Å². The number of hydrogen-bond acceptors (Lipinski definition) is 4. The summed E-state index contributed by atoms with van der Waals surface area (Å²) in [7, 11) is 3.45. The van der Waals surface area contributed by atoms with Crippen molar-refractivity contribution in [3.05, 3.63) is 53.6 Å². The Morgan fingerprint density at radius 3 is 2.68 bits per heavy atom. The Hall–Kier alpha value is -2.24. The number of carbonyl (C=O) groups excluding carboxylic acids is 1. The first-order valence-electron chi connectivity index (χ1n) is 8.08. The van der Waals surface area contributed by atoms with Crippen molar-refractivity contribution in [3.63, 3.8) is 0 Å². The van der Waals surface area contributed by atoms with Crippen LogP contribution in [0, 0.1) is 0 Å². The molecule has 2 aromatic carbocycles. The van der Waals surface area contributed by atoms with Gasteiger partial charge in [-0.25, -0.2) is 0 Å². The number of halogens is 1. The second kappa shape index (κ2) is 9.91. The van der Waals surface area contributed by atoms with E-state index in [9.17, 15) is 4.79 Å². The Morgan fingerprint density at radius 1 is 1.20 bits per heavy atom. The summed E-state index contributed by atoms with van der Waals surface area (Å²) in [5.41, 5.74) is 0.570. The van der Waals surface area contributed by atoms with E-state index in [0.717, 1.165) is 18.7 Å². The van der Waals surface area contributed by atoms with E-state index in [2.05, 4.69) is 5.32 Å². The maximum atomic E-state index is 12.2. The maximum Gasteiger partial charge on any atom is 0.238 e. The highest BCUT2D eigenvalue weighted by molar-refractivity contribution is 6.31. The standard InChI is InChI=1S/C19H23ClN2O3/c1-22(11-6-12-25-16-7-4-3-5-8-16)14-19(23)21-17-13-15(20)9-10-18(17)24-2/h3-5,7-10,13H,6,11-12,14H2,1-2H3,(H,21,23). The Morgan fingerprint density at radius 2 is 1.96 bits per heavy atom. The number of rotatable bonds is 9. The minimum absolute atomic E-state index is 0.118. The molecule has 6 heteroatoms. The van der Waals surface area contributed by atoms with Gasteiger partial charge in [0.1, 0.15) is 11.5 Å². The highest BCUT2D eigenvalue weighted by Gasteiger charge is 2.10. The molecule has 0 radical (unpaired) electrons. The quantitative estimate of drug-likeness (QED) is 0.691. The van der Waals surface area contributed by atoms with E-state index >= 15 is 0 Å². The first kappa shape index (κ1) is 19.1. The zero-order valence-corrected chi connectivity index (χ0v) is 15.3. The van der Waals surface area contributed by atoms with Crippen molar-refractivity contribution in [3.8, 4) is 11.5 Å². The van der Waals surface area contributed by atoms with Gasteiger partial charge < -0.3 is 14.8 Å². The third-order valence-electron chi connectivity index (χ3n) is 3.55. The van der Waals surface area contributed by atoms with E-state index in [1.807, 2.05) is 42.3 Å². The molecule has 2 rings (SSSR count). The summed E-state index contributed by atoms with van der Waals surface area (Å²) in [4.78, 5) is 14.1. The molecule has 25 heavy (non-hydrogen) atoms. The number of methoxy groups -OCH3 is 1. The molecule has 0 aromatic heterocycles. The number of anilines is 1. The first-order chi connectivity index (χ1) is 12.1. The van der Waals surface area contributed by atoms with Crippen LogP contribution in [0.2, 0.25) is 5.02 Å². The molecule has 0 heterocycles. The molecule has 1 amide bonds. The van der Waals surface area contributed by atoms with Crippen LogP contribution in [-0.4, -0.2) is 44.7 Å². The van der Waals surface area contributed by atoms with Gasteiger partial charge in [-0.3, -0.25) is 9.69 Å². The van der Waals surface area contributed by atoms with E-state index < -0.39 is 0 Å². The van der Waals surface area contributed by atoms with Gasteiger partial charge in [0.15, 0.2) is 0 Å². The van der Waals surface area contributed by atoms with Crippen molar-refractivity contribution < 1.29 is 14.3 Å². The molecule has 0 aliphatic rings. The highest BCUT2D eigenvalue weighted by Crippen LogP contribution is 2.27. The van der Waals surface area contributed by atoms with E-state index in [-0.39, 0.29) is 12.5 Å². The van der Waals surface area contributed by atoms with Gasteiger partial charge in [-0.15, -0.1) is 0 Å². The summed E-state index contributed by atoms with van der Waals surface area (Å²) >= 11 is 5.97. The Bertz CT molecular complexity index is 680. The SMILES string of the molecule is COc1ccc(Cl)cc1NC(=O)CN(C)CCCOc1ccccc1. The number of benzene rings is 2. The van der Waals surface area contributed by atoms with E-state index in [0.29, 0.717) is 23.1 Å². The molecule has 0 saturated carbocycles. The number of nitrogens with zero attached hydrogens (tertiary/aromatic N) is 1. The Labute approximate surface area is 153 Å². The number of ether oxygens (including phenoxy) is 2. The van der Waals surface area contributed by atoms with Gasteiger partial charge in [-0.2, -0.15) is 0 Å². The van der Waals surface area contributed by atoms with Crippen LogP contribution in [0.3, 0.4) is 0 Å². The minimum Gasteiger partial charge on any atom is -0.495 e. The van der Waals surface area contributed by atoms with Crippen LogP contribution in [0.25, 0.3) is 0 Å². The van der Waals surface area contributed by atoms with E-state index in [1.165, 1.54) is 0 Å². The fraction of sp³-hybridized carbons (Fsp3) is 0.316. The topological polar surface area (TPSA) is 50.8 Å². The van der Waals surface area contributed by atoms with Gasteiger partial charge in [-0.1, -0.05) is 29.8 Å². The van der Waals surface area contributed by atoms with Crippen LogP contribution in [0.5, 0.6) is 11.5 Å². The normalized spacial score (nSPS) is 10.6. The molecule has 0 fully saturated rings. The molecule has 0 spiro atoms. The molecule has 0 saturated heterocycles. The number of amides is 1. The average molecular weight is 363 g/mol. The molecule has 5 nitrogen and oxygen atoms in total. The van der Waals surface area contributed by atoms with Crippen LogP contribution in [0.1, 0.15) is 6.42 Å². The third-order valence-corrected chi connectivity index (χ3v) is 3.78. The lowest BCUT2D eigenvalue weighted by Gasteiger charge is -2.17. The van der Waals surface area contributed by atoms with Crippen LogP contribution in [-0.2, 0) is 4.79 Å². The van der Waals surface area contributed by atoms with Crippen molar-refractivity contribution in [2.45, 2.75) is 6.42 Å². The van der Waals surface area contributed by atoms with Crippen LogP contribution in [0.4, 0.5) is 5.69 Å². The molecule has 0 aliphatic heterocycles. The second-order valence-electron chi connectivity index (χ2n) is 5.65. The number of nitrogens with one attached hydrogen (secondary N) is 1. The number of para-hydroxylation sites is 1. The Kier molecular flexibility index (Phi) is 7.57. The molecule has 0 aliphatic carbocycles. The molecule has 134 valence electrons. The molecule has 0 atom stereocenters. The number of hydrogen-bond donors (Lipinski definition) is 1. The lowest BCUT2D eigenvalue weighted by molar-refractivity contribution is -0.117. The molecule has 2 aromatic rings. The summed E-state index contributed by atoms with van der Waals surface area (Å²) in [5.74, 6) is 1.32. The zero-order valence-electron chi connectivity index (χ0n) is 14.5. The average Bonchev–Trinajstić information content (AvgIpc) is 2.60. The molecule has 0 bridgehead atoms. The van der Waals surface area contributed by atoms with Gasteiger partial charge in [0.25, 0.3) is 0 Å². The summed E-state index contributed by atoms with van der Waals surface area (Å²) in [6.07, 6.45) is 0.833. The molecular formula is C19H23ClN2O3. The summed E-state index contributed by atoms with van der Waals surface area (Å²) in [6, 6.07) is 14.8. The number of carbonyl (C=O) groups is 1. The van der Waals surface area contributed by atoms with Crippen LogP contribution < -0.4 is 14.8 Å². The van der Waals surface area contributed by atoms with Gasteiger partial charge in [0.05, 0.1) is 25.9 Å². The maximum absolute atomic E-state index is 12.2. The lowest BCUT2D eigenvalue weighted by atomic mass is 10.3. The van der Waals surface area contributed by atoms with Crippen molar-refractivity contribution in [1.82, 2.24) is 4.90 Å². The fourth-order valence-corrected chi connectivity index (χ4v) is 2.51. The largest absolute Gasteiger partial charge is 0.495 e. The van der Waals surface area contributed by atoms with Crippen molar-refractivity contribution in [1.29, 1.82) is 0 Å². The Balaban J connectivity index is 1.72.